The number of ether oxygens (including phenoxy) is 2. The maximum absolute atomic E-state index is 15.1. The average molecular weight is 503 g/mol. The lowest BCUT2D eigenvalue weighted by atomic mass is 10.1. The fourth-order valence-electron chi connectivity index (χ4n) is 4.64. The smallest absolute Gasteiger partial charge is 0.175 e. The molecular formula is C24H19F2N9O2. The van der Waals surface area contributed by atoms with Gasteiger partial charge in [-0.1, -0.05) is 0 Å². The van der Waals surface area contributed by atoms with Crippen molar-refractivity contribution >= 4 is 33.9 Å². The van der Waals surface area contributed by atoms with E-state index in [-0.39, 0.29) is 23.3 Å². The SMILES string of the molecule is Fc1cc(Oc2ccn3ncnc3c2)c(F)cc1Nc1ncnc2cnc3c(c12)OC[C@H]1CNCCN31. The molecule has 0 aliphatic carbocycles. The summed E-state index contributed by atoms with van der Waals surface area (Å²) in [6.45, 7) is 2.87. The third-order valence-electron chi connectivity index (χ3n) is 6.41. The molecule has 5 aromatic rings. The van der Waals surface area contributed by atoms with E-state index in [4.69, 9.17) is 9.47 Å². The number of aromatic nitrogens is 6. The Morgan fingerprint density at radius 1 is 1.08 bits per heavy atom. The summed E-state index contributed by atoms with van der Waals surface area (Å²) in [5.74, 6) is 0.0240. The Balaban J connectivity index is 1.23. The second kappa shape index (κ2) is 8.48. The molecule has 1 saturated heterocycles. The Morgan fingerprint density at radius 3 is 2.97 bits per heavy atom. The molecule has 7 rings (SSSR count). The fourth-order valence-corrected chi connectivity index (χ4v) is 4.64. The highest BCUT2D eigenvalue weighted by Crippen LogP contribution is 2.41. The number of rotatable bonds is 4. The number of benzene rings is 1. The highest BCUT2D eigenvalue weighted by molar-refractivity contribution is 5.98. The molecule has 1 fully saturated rings. The summed E-state index contributed by atoms with van der Waals surface area (Å²) >= 11 is 0. The molecule has 0 saturated carbocycles. The molecule has 4 aromatic heterocycles. The van der Waals surface area contributed by atoms with E-state index in [1.165, 1.54) is 17.2 Å². The van der Waals surface area contributed by atoms with Gasteiger partial charge in [0.25, 0.3) is 0 Å². The summed E-state index contributed by atoms with van der Waals surface area (Å²) in [6, 6.07) is 5.32. The first-order chi connectivity index (χ1) is 18.1. The van der Waals surface area contributed by atoms with E-state index in [2.05, 4.69) is 40.6 Å². The van der Waals surface area contributed by atoms with E-state index in [1.54, 1.807) is 24.5 Å². The zero-order valence-electron chi connectivity index (χ0n) is 19.2. The van der Waals surface area contributed by atoms with E-state index in [0.717, 1.165) is 31.8 Å². The lowest BCUT2D eigenvalue weighted by Crippen LogP contribution is -2.56. The van der Waals surface area contributed by atoms with Gasteiger partial charge in [0.1, 0.15) is 30.8 Å². The molecule has 1 aromatic carbocycles. The van der Waals surface area contributed by atoms with Crippen LogP contribution in [0.25, 0.3) is 16.6 Å². The molecule has 2 aliphatic heterocycles. The van der Waals surface area contributed by atoms with Crippen LogP contribution in [0.15, 0.2) is 49.3 Å². The summed E-state index contributed by atoms with van der Waals surface area (Å²) in [7, 11) is 0. The minimum absolute atomic E-state index is 0.112. The van der Waals surface area contributed by atoms with Crippen molar-refractivity contribution in [3.63, 3.8) is 0 Å². The standard InChI is InChI=1S/C24H19F2N9O2/c25-15-7-19(37-14-1-3-35-20(5-14)30-12-32-35)16(26)6-17(15)33-23-21-18(29-11-31-23)9-28-24-22(21)36-10-13-8-27-2-4-34(13)24/h1,3,5-7,9,11-13,27H,2,4,8,10H2,(H,29,31,33)/t13-/m1/s1. The fraction of sp³-hybridized carbons (Fsp3) is 0.208. The molecule has 0 amide bonds. The molecule has 0 bridgehead atoms. The highest BCUT2D eigenvalue weighted by Gasteiger charge is 2.33. The van der Waals surface area contributed by atoms with Gasteiger partial charge in [-0.05, 0) is 6.07 Å². The van der Waals surface area contributed by atoms with Gasteiger partial charge < -0.3 is 25.0 Å². The van der Waals surface area contributed by atoms with Crippen molar-refractivity contribution in [3.05, 3.63) is 60.9 Å². The first-order valence-electron chi connectivity index (χ1n) is 11.6. The van der Waals surface area contributed by atoms with E-state index < -0.39 is 11.6 Å². The predicted octanol–water partition coefficient (Wildman–Crippen LogP) is 3.05. The highest BCUT2D eigenvalue weighted by atomic mass is 19.1. The van der Waals surface area contributed by atoms with Gasteiger partial charge in [-0.3, -0.25) is 0 Å². The molecule has 2 aliphatic rings. The zero-order chi connectivity index (χ0) is 24.9. The van der Waals surface area contributed by atoms with Crippen LogP contribution in [0.1, 0.15) is 0 Å². The van der Waals surface area contributed by atoms with Gasteiger partial charge in [-0.2, -0.15) is 5.10 Å². The Hall–Kier alpha value is -4.65. The summed E-state index contributed by atoms with van der Waals surface area (Å²) in [6.07, 6.45) is 5.97. The van der Waals surface area contributed by atoms with Crippen LogP contribution in [0.5, 0.6) is 17.2 Å². The summed E-state index contributed by atoms with van der Waals surface area (Å²) < 4.78 is 43.3. The van der Waals surface area contributed by atoms with Gasteiger partial charge in [-0.15, -0.1) is 0 Å². The van der Waals surface area contributed by atoms with Gasteiger partial charge in [0.05, 0.1) is 28.8 Å². The molecule has 0 spiro atoms. The number of fused-ring (bicyclic) bond motifs is 6. The second-order valence-electron chi connectivity index (χ2n) is 8.67. The number of anilines is 3. The lowest BCUT2D eigenvalue weighted by Gasteiger charge is -2.41. The Labute approximate surface area is 208 Å². The van der Waals surface area contributed by atoms with Gasteiger partial charge in [0.15, 0.2) is 34.6 Å². The number of piperazine rings is 1. The molecule has 13 heteroatoms. The van der Waals surface area contributed by atoms with E-state index in [1.807, 2.05) is 0 Å². The molecule has 186 valence electrons. The zero-order valence-corrected chi connectivity index (χ0v) is 19.2. The number of pyridine rings is 2. The first-order valence-corrected chi connectivity index (χ1v) is 11.6. The summed E-state index contributed by atoms with van der Waals surface area (Å²) in [5, 5.41) is 10.8. The van der Waals surface area contributed by atoms with Crippen LogP contribution < -0.4 is 25.0 Å². The third kappa shape index (κ3) is 3.71. The number of halogens is 2. The van der Waals surface area contributed by atoms with E-state index >= 15 is 8.78 Å². The number of nitrogens with zero attached hydrogens (tertiary/aromatic N) is 7. The Bertz CT molecular complexity index is 1660. The molecule has 2 N–H and O–H groups in total. The predicted molar refractivity (Wildman–Crippen MR) is 130 cm³/mol. The lowest BCUT2D eigenvalue weighted by molar-refractivity contribution is 0.247. The van der Waals surface area contributed by atoms with Crippen LogP contribution in [-0.2, 0) is 0 Å². The van der Waals surface area contributed by atoms with Crippen LogP contribution in [0.2, 0.25) is 0 Å². The van der Waals surface area contributed by atoms with Crippen molar-refractivity contribution < 1.29 is 18.3 Å². The number of hydrogen-bond acceptors (Lipinski definition) is 10. The van der Waals surface area contributed by atoms with Gasteiger partial charge >= 0.3 is 0 Å². The normalized spacial score (nSPS) is 16.8. The van der Waals surface area contributed by atoms with E-state index in [9.17, 15) is 0 Å². The Kier molecular flexibility index (Phi) is 4.96. The van der Waals surface area contributed by atoms with E-state index in [0.29, 0.717) is 40.5 Å². The molecule has 0 radical (unpaired) electrons. The molecule has 6 heterocycles. The maximum Gasteiger partial charge on any atom is 0.175 e. The van der Waals surface area contributed by atoms with Gasteiger partial charge in [0, 0.05) is 44.0 Å². The van der Waals surface area contributed by atoms with Crippen molar-refractivity contribution in [2.75, 3.05) is 36.5 Å². The minimum atomic E-state index is -0.757. The topological polar surface area (TPSA) is 115 Å². The summed E-state index contributed by atoms with van der Waals surface area (Å²) in [5.41, 5.74) is 0.924. The summed E-state index contributed by atoms with van der Waals surface area (Å²) in [4.78, 5) is 19.4. The van der Waals surface area contributed by atoms with Crippen molar-refractivity contribution in [2.45, 2.75) is 6.04 Å². The Morgan fingerprint density at radius 2 is 2.03 bits per heavy atom. The van der Waals surface area contributed by atoms with Crippen molar-refractivity contribution in [1.82, 2.24) is 34.9 Å². The molecule has 11 nitrogen and oxygen atoms in total. The number of nitrogens with one attached hydrogen (secondary N) is 2. The quantitative estimate of drug-likeness (QED) is 0.379. The van der Waals surface area contributed by atoms with Crippen LogP contribution >= 0.6 is 0 Å². The van der Waals surface area contributed by atoms with Crippen LogP contribution in [0, 0.1) is 11.6 Å². The van der Waals surface area contributed by atoms with Crippen LogP contribution in [-0.4, -0.2) is 61.8 Å². The first kappa shape index (κ1) is 21.6. The van der Waals surface area contributed by atoms with Crippen molar-refractivity contribution in [2.24, 2.45) is 0 Å². The van der Waals surface area contributed by atoms with Crippen molar-refractivity contribution in [1.29, 1.82) is 0 Å². The largest absolute Gasteiger partial charge is 0.487 e. The monoisotopic (exact) mass is 503 g/mol. The second-order valence-corrected chi connectivity index (χ2v) is 8.67. The third-order valence-corrected chi connectivity index (χ3v) is 6.41. The molecule has 37 heavy (non-hydrogen) atoms. The van der Waals surface area contributed by atoms with Crippen LogP contribution in [0.4, 0.5) is 26.1 Å². The molecule has 1 atom stereocenters. The molecular weight excluding hydrogens is 484 g/mol. The average Bonchev–Trinajstić information content (AvgIpc) is 3.39. The molecule has 0 unspecified atom stereocenters. The maximum atomic E-state index is 15.1. The van der Waals surface area contributed by atoms with Crippen LogP contribution in [0.3, 0.4) is 0 Å². The van der Waals surface area contributed by atoms with Crippen molar-refractivity contribution in [3.8, 4) is 17.2 Å². The number of hydrogen-bond donors (Lipinski definition) is 2. The van der Waals surface area contributed by atoms with Gasteiger partial charge in [-0.25, -0.2) is 33.2 Å². The van der Waals surface area contributed by atoms with Gasteiger partial charge in [0.2, 0.25) is 0 Å². The minimum Gasteiger partial charge on any atom is -0.487 e.